The zero-order valence-electron chi connectivity index (χ0n) is 8.00. The Labute approximate surface area is 72.7 Å². The summed E-state index contributed by atoms with van der Waals surface area (Å²) in [5.41, 5.74) is 5.14. The molecule has 0 aliphatic heterocycles. The zero-order chi connectivity index (χ0) is 9.89. The van der Waals surface area contributed by atoms with Crippen LogP contribution < -0.4 is 5.73 Å². The van der Waals surface area contributed by atoms with Gasteiger partial charge in [-0.25, -0.2) is 0 Å². The minimum atomic E-state index is -0.498. The van der Waals surface area contributed by atoms with E-state index in [2.05, 4.69) is 0 Å². The molecule has 0 unspecified atom stereocenters. The van der Waals surface area contributed by atoms with Gasteiger partial charge in [-0.1, -0.05) is 13.8 Å². The lowest BCUT2D eigenvalue weighted by Crippen LogP contribution is -2.47. The van der Waals surface area contributed by atoms with E-state index in [1.165, 1.54) is 11.8 Å². The third-order valence-electron chi connectivity index (χ3n) is 1.84. The average Bonchev–Trinajstić information content (AvgIpc) is 1.85. The van der Waals surface area contributed by atoms with E-state index in [1.807, 2.05) is 13.8 Å². The van der Waals surface area contributed by atoms with Crippen LogP contribution in [0.4, 0.5) is 0 Å². The largest absolute Gasteiger partial charge is 0.368 e. The number of hydrogen-bond donors (Lipinski definition) is 1. The van der Waals surface area contributed by atoms with Gasteiger partial charge in [0.1, 0.15) is 6.04 Å². The van der Waals surface area contributed by atoms with Gasteiger partial charge in [0.15, 0.2) is 0 Å². The van der Waals surface area contributed by atoms with Gasteiger partial charge in [0.25, 0.3) is 0 Å². The molecule has 0 saturated carbocycles. The zero-order valence-corrected chi connectivity index (χ0v) is 8.00. The molecule has 4 heteroatoms. The molecule has 0 aromatic carbocycles. The van der Waals surface area contributed by atoms with Crippen LogP contribution in [-0.4, -0.2) is 29.8 Å². The van der Waals surface area contributed by atoms with Crippen LogP contribution in [0.5, 0.6) is 0 Å². The quantitative estimate of drug-likeness (QED) is 0.650. The topological polar surface area (TPSA) is 63.4 Å². The average molecular weight is 172 g/mol. The van der Waals surface area contributed by atoms with E-state index in [0.29, 0.717) is 0 Å². The van der Waals surface area contributed by atoms with Gasteiger partial charge in [-0.15, -0.1) is 0 Å². The third kappa shape index (κ3) is 2.53. The summed E-state index contributed by atoms with van der Waals surface area (Å²) in [5.74, 6) is -0.549. The van der Waals surface area contributed by atoms with Crippen molar-refractivity contribution in [2.75, 3.05) is 7.05 Å². The highest BCUT2D eigenvalue weighted by atomic mass is 16.2. The highest BCUT2D eigenvalue weighted by Gasteiger charge is 2.25. The smallest absolute Gasteiger partial charge is 0.240 e. The number of hydrogen-bond acceptors (Lipinski definition) is 2. The second-order valence-corrected chi connectivity index (χ2v) is 3.22. The first-order valence-electron chi connectivity index (χ1n) is 3.90. The van der Waals surface area contributed by atoms with Gasteiger partial charge in [0.2, 0.25) is 11.8 Å². The maximum atomic E-state index is 10.9. The van der Waals surface area contributed by atoms with Crippen LogP contribution in [0.3, 0.4) is 0 Å². The van der Waals surface area contributed by atoms with Crippen LogP contribution in [0, 0.1) is 5.92 Å². The van der Waals surface area contributed by atoms with Crippen molar-refractivity contribution in [2.45, 2.75) is 26.8 Å². The summed E-state index contributed by atoms with van der Waals surface area (Å²) in [6.45, 7) is 5.13. The van der Waals surface area contributed by atoms with Crippen molar-refractivity contribution in [2.24, 2.45) is 11.7 Å². The molecule has 0 heterocycles. The summed E-state index contributed by atoms with van der Waals surface area (Å²) in [7, 11) is 1.58. The number of likely N-dealkylation sites (N-methyl/N-ethyl adjacent to an activating group) is 1. The van der Waals surface area contributed by atoms with Gasteiger partial charge in [0.05, 0.1) is 0 Å². The van der Waals surface area contributed by atoms with Crippen molar-refractivity contribution < 1.29 is 9.59 Å². The molecule has 2 N–H and O–H groups in total. The standard InChI is InChI=1S/C8H16N2O2/c1-5(2)7(8(9)12)10(4)6(3)11/h5,7H,1-4H3,(H2,9,12)/t7-/m0/s1. The number of rotatable bonds is 3. The number of amides is 2. The molecule has 1 atom stereocenters. The van der Waals surface area contributed by atoms with Crippen LogP contribution >= 0.6 is 0 Å². The first-order valence-corrected chi connectivity index (χ1v) is 3.90. The molecule has 0 radical (unpaired) electrons. The minimum Gasteiger partial charge on any atom is -0.368 e. The second-order valence-electron chi connectivity index (χ2n) is 3.22. The van der Waals surface area contributed by atoms with Crippen LogP contribution in [0.15, 0.2) is 0 Å². The fraction of sp³-hybridized carbons (Fsp3) is 0.750. The minimum absolute atomic E-state index is 0.0522. The number of primary amides is 1. The highest BCUT2D eigenvalue weighted by molar-refractivity contribution is 5.85. The fourth-order valence-corrected chi connectivity index (χ4v) is 1.16. The molecule has 0 bridgehead atoms. The number of carbonyl (C=O) groups excluding carboxylic acids is 2. The lowest BCUT2D eigenvalue weighted by Gasteiger charge is -2.27. The predicted molar refractivity (Wildman–Crippen MR) is 46.3 cm³/mol. The SMILES string of the molecule is CC(=O)N(C)[C@H](C(N)=O)C(C)C. The Morgan fingerprint density at radius 1 is 1.33 bits per heavy atom. The Morgan fingerprint density at radius 3 is 1.83 bits per heavy atom. The summed E-state index contributed by atoms with van der Waals surface area (Å²) >= 11 is 0. The van der Waals surface area contributed by atoms with Crippen LogP contribution in [-0.2, 0) is 9.59 Å². The van der Waals surface area contributed by atoms with Gasteiger partial charge in [-0.05, 0) is 5.92 Å². The summed E-state index contributed by atoms with van der Waals surface area (Å²) in [4.78, 5) is 23.2. The lowest BCUT2D eigenvalue weighted by molar-refractivity contribution is -0.137. The van der Waals surface area contributed by atoms with Gasteiger partial charge in [-0.3, -0.25) is 9.59 Å². The number of nitrogens with zero attached hydrogens (tertiary/aromatic N) is 1. The van der Waals surface area contributed by atoms with Crippen LogP contribution in [0.2, 0.25) is 0 Å². The van der Waals surface area contributed by atoms with Gasteiger partial charge >= 0.3 is 0 Å². The van der Waals surface area contributed by atoms with Gasteiger partial charge in [-0.2, -0.15) is 0 Å². The summed E-state index contributed by atoms with van der Waals surface area (Å²) in [6.07, 6.45) is 0. The molecule has 0 aliphatic carbocycles. The van der Waals surface area contributed by atoms with E-state index >= 15 is 0 Å². The second kappa shape index (κ2) is 4.09. The molecule has 0 spiro atoms. The van der Waals surface area contributed by atoms with E-state index in [1.54, 1.807) is 7.05 Å². The molecule has 0 fully saturated rings. The monoisotopic (exact) mass is 172 g/mol. The molecule has 4 nitrogen and oxygen atoms in total. The fourth-order valence-electron chi connectivity index (χ4n) is 1.16. The van der Waals surface area contributed by atoms with Gasteiger partial charge in [0, 0.05) is 14.0 Å². The molecule has 0 aromatic rings. The van der Waals surface area contributed by atoms with Crippen molar-refractivity contribution in [3.63, 3.8) is 0 Å². The Morgan fingerprint density at radius 2 is 1.75 bits per heavy atom. The molecular formula is C8H16N2O2. The first kappa shape index (κ1) is 10.9. The Hall–Kier alpha value is -1.06. The summed E-state index contributed by atoms with van der Waals surface area (Å²) in [5, 5.41) is 0. The first-order chi connectivity index (χ1) is 5.37. The van der Waals surface area contributed by atoms with E-state index in [9.17, 15) is 9.59 Å². The Balaban J connectivity index is 4.51. The van der Waals surface area contributed by atoms with Crippen molar-refractivity contribution in [3.8, 4) is 0 Å². The number of carbonyl (C=O) groups is 2. The van der Waals surface area contributed by atoms with Crippen molar-refractivity contribution >= 4 is 11.8 Å². The molecule has 2 amide bonds. The van der Waals surface area contributed by atoms with E-state index in [-0.39, 0.29) is 11.8 Å². The molecule has 0 saturated heterocycles. The van der Waals surface area contributed by atoms with E-state index < -0.39 is 11.9 Å². The molecule has 0 rings (SSSR count). The maximum absolute atomic E-state index is 10.9. The van der Waals surface area contributed by atoms with Crippen LogP contribution in [0.25, 0.3) is 0 Å². The molecule has 70 valence electrons. The third-order valence-corrected chi connectivity index (χ3v) is 1.84. The molecule has 0 aromatic heterocycles. The van der Waals surface area contributed by atoms with Gasteiger partial charge < -0.3 is 10.6 Å². The van der Waals surface area contributed by atoms with E-state index in [4.69, 9.17) is 5.73 Å². The maximum Gasteiger partial charge on any atom is 0.240 e. The Bertz CT molecular complexity index is 189. The van der Waals surface area contributed by atoms with E-state index in [0.717, 1.165) is 0 Å². The van der Waals surface area contributed by atoms with Crippen molar-refractivity contribution in [1.82, 2.24) is 4.90 Å². The summed E-state index contributed by atoms with van der Waals surface area (Å²) < 4.78 is 0. The van der Waals surface area contributed by atoms with Crippen molar-refractivity contribution in [1.29, 1.82) is 0 Å². The number of nitrogens with two attached hydrogens (primary N) is 1. The Kier molecular flexibility index (Phi) is 3.73. The lowest BCUT2D eigenvalue weighted by atomic mass is 10.0. The van der Waals surface area contributed by atoms with Crippen molar-refractivity contribution in [3.05, 3.63) is 0 Å². The van der Waals surface area contributed by atoms with Crippen LogP contribution in [0.1, 0.15) is 20.8 Å². The predicted octanol–water partition coefficient (Wildman–Crippen LogP) is -0.0254. The molecule has 12 heavy (non-hydrogen) atoms. The normalized spacial score (nSPS) is 12.8. The molecular weight excluding hydrogens is 156 g/mol. The summed E-state index contributed by atoms with van der Waals surface area (Å²) in [6, 6.07) is -0.498. The molecule has 0 aliphatic rings. The highest BCUT2D eigenvalue weighted by Crippen LogP contribution is 2.08.